The summed E-state index contributed by atoms with van der Waals surface area (Å²) in [5.74, 6) is -0.330. The van der Waals surface area contributed by atoms with Crippen LogP contribution in [0.2, 0.25) is 0 Å². The van der Waals surface area contributed by atoms with Gasteiger partial charge >= 0.3 is 0 Å². The van der Waals surface area contributed by atoms with E-state index in [0.717, 1.165) is 5.69 Å². The lowest BCUT2D eigenvalue weighted by Crippen LogP contribution is -2.37. The first kappa shape index (κ1) is 13.2. The summed E-state index contributed by atoms with van der Waals surface area (Å²) < 4.78 is 0. The number of aliphatic hydroxyl groups is 1. The molecule has 6 nitrogen and oxygen atoms in total. The minimum atomic E-state index is -0.330. The largest absolute Gasteiger partial charge is 0.394 e. The van der Waals surface area contributed by atoms with Gasteiger partial charge in [0.1, 0.15) is 0 Å². The number of rotatable bonds is 5. The molecule has 19 heavy (non-hydrogen) atoms. The number of hydrogen-bond donors (Lipinski definition) is 2. The van der Waals surface area contributed by atoms with E-state index in [-0.39, 0.29) is 24.2 Å². The Bertz CT molecular complexity index is 535. The van der Waals surface area contributed by atoms with Crippen LogP contribution in [0, 0.1) is 0 Å². The Kier molecular flexibility index (Phi) is 4.25. The molecule has 2 N–H and O–H groups in total. The van der Waals surface area contributed by atoms with Crippen LogP contribution in [0.25, 0.3) is 5.69 Å². The Labute approximate surface area is 111 Å². The second-order valence-electron chi connectivity index (χ2n) is 4.12. The van der Waals surface area contributed by atoms with Crippen LogP contribution in [-0.2, 0) is 0 Å². The molecule has 0 radical (unpaired) electrons. The smallest absolute Gasteiger partial charge is 0.273 e. The van der Waals surface area contributed by atoms with Crippen molar-refractivity contribution < 1.29 is 9.90 Å². The molecule has 1 heterocycles. The average molecular weight is 260 g/mol. The zero-order valence-electron chi connectivity index (χ0n) is 10.7. The van der Waals surface area contributed by atoms with E-state index in [1.807, 2.05) is 37.3 Å². The maximum Gasteiger partial charge on any atom is 0.273 e. The van der Waals surface area contributed by atoms with Crippen molar-refractivity contribution >= 4 is 5.91 Å². The van der Waals surface area contributed by atoms with Gasteiger partial charge in [0.15, 0.2) is 5.69 Å². The van der Waals surface area contributed by atoms with E-state index in [4.69, 9.17) is 5.11 Å². The molecule has 100 valence electrons. The number of nitrogens with one attached hydrogen (secondary N) is 1. The van der Waals surface area contributed by atoms with E-state index < -0.39 is 0 Å². The highest BCUT2D eigenvalue weighted by atomic mass is 16.3. The van der Waals surface area contributed by atoms with Gasteiger partial charge in [-0.2, -0.15) is 9.90 Å². The molecule has 6 heteroatoms. The molecule has 1 aromatic heterocycles. The standard InChI is InChI=1S/C13H16N4O2/c1-2-10(9-18)15-13(19)12-8-14-17(16-12)11-6-4-3-5-7-11/h3-8,10,18H,2,9H2,1H3,(H,15,19)/t10-/m1/s1. The van der Waals surface area contributed by atoms with Crippen molar-refractivity contribution in [2.24, 2.45) is 0 Å². The van der Waals surface area contributed by atoms with Crippen LogP contribution < -0.4 is 5.32 Å². The number of para-hydroxylation sites is 1. The van der Waals surface area contributed by atoms with Gasteiger partial charge in [0.05, 0.1) is 24.5 Å². The van der Waals surface area contributed by atoms with Crippen molar-refractivity contribution in [2.75, 3.05) is 6.61 Å². The summed E-state index contributed by atoms with van der Waals surface area (Å²) in [4.78, 5) is 13.3. The second-order valence-corrected chi connectivity index (χ2v) is 4.12. The fourth-order valence-electron chi connectivity index (χ4n) is 1.59. The molecule has 1 atom stereocenters. The van der Waals surface area contributed by atoms with Gasteiger partial charge in [-0.1, -0.05) is 25.1 Å². The van der Waals surface area contributed by atoms with Gasteiger partial charge in [0, 0.05) is 0 Å². The zero-order chi connectivity index (χ0) is 13.7. The summed E-state index contributed by atoms with van der Waals surface area (Å²) in [6.45, 7) is 1.80. The molecule has 0 fully saturated rings. The third kappa shape index (κ3) is 3.17. The number of benzene rings is 1. The molecule has 2 rings (SSSR count). The maximum absolute atomic E-state index is 11.9. The summed E-state index contributed by atoms with van der Waals surface area (Å²) in [5.41, 5.74) is 1.02. The van der Waals surface area contributed by atoms with Crippen molar-refractivity contribution in [1.82, 2.24) is 20.3 Å². The summed E-state index contributed by atoms with van der Waals surface area (Å²) in [5, 5.41) is 19.9. The van der Waals surface area contributed by atoms with E-state index in [1.54, 1.807) is 0 Å². The molecule has 1 amide bonds. The monoisotopic (exact) mass is 260 g/mol. The highest BCUT2D eigenvalue weighted by Crippen LogP contribution is 2.04. The highest BCUT2D eigenvalue weighted by Gasteiger charge is 2.14. The Balaban J connectivity index is 2.11. The minimum Gasteiger partial charge on any atom is -0.394 e. The molecule has 0 unspecified atom stereocenters. The van der Waals surface area contributed by atoms with E-state index in [9.17, 15) is 4.79 Å². The van der Waals surface area contributed by atoms with Gasteiger partial charge in [-0.05, 0) is 18.6 Å². The van der Waals surface area contributed by atoms with Crippen LogP contribution in [0.1, 0.15) is 23.8 Å². The average Bonchev–Trinajstić information content (AvgIpc) is 2.95. The number of aromatic nitrogens is 3. The Morgan fingerprint density at radius 1 is 1.42 bits per heavy atom. The first-order valence-electron chi connectivity index (χ1n) is 6.14. The zero-order valence-corrected chi connectivity index (χ0v) is 10.7. The van der Waals surface area contributed by atoms with Crippen LogP contribution in [0.15, 0.2) is 36.5 Å². The Morgan fingerprint density at radius 3 is 2.79 bits per heavy atom. The third-order valence-electron chi connectivity index (χ3n) is 2.76. The maximum atomic E-state index is 11.9. The SMILES string of the molecule is CC[C@H](CO)NC(=O)c1cnn(-c2ccccc2)n1. The molecule has 0 aliphatic rings. The van der Waals surface area contributed by atoms with E-state index >= 15 is 0 Å². The number of carbonyl (C=O) groups excluding carboxylic acids is 1. The van der Waals surface area contributed by atoms with Crippen LogP contribution in [0.4, 0.5) is 0 Å². The lowest BCUT2D eigenvalue weighted by Gasteiger charge is -2.12. The van der Waals surface area contributed by atoms with Gasteiger partial charge in [0.25, 0.3) is 5.91 Å². The summed E-state index contributed by atoms with van der Waals surface area (Å²) >= 11 is 0. The predicted molar refractivity (Wildman–Crippen MR) is 70.0 cm³/mol. The first-order valence-corrected chi connectivity index (χ1v) is 6.14. The summed E-state index contributed by atoms with van der Waals surface area (Å²) in [6, 6.07) is 9.09. The van der Waals surface area contributed by atoms with Crippen molar-refractivity contribution in [1.29, 1.82) is 0 Å². The fourth-order valence-corrected chi connectivity index (χ4v) is 1.59. The van der Waals surface area contributed by atoms with Crippen LogP contribution in [-0.4, -0.2) is 38.7 Å². The van der Waals surface area contributed by atoms with Gasteiger partial charge in [0.2, 0.25) is 0 Å². The number of nitrogens with zero attached hydrogens (tertiary/aromatic N) is 3. The van der Waals surface area contributed by atoms with Crippen LogP contribution >= 0.6 is 0 Å². The quantitative estimate of drug-likeness (QED) is 0.832. The lowest BCUT2D eigenvalue weighted by molar-refractivity contribution is 0.0909. The summed E-state index contributed by atoms with van der Waals surface area (Å²) in [7, 11) is 0. The normalized spacial score (nSPS) is 12.1. The topological polar surface area (TPSA) is 80.0 Å². The Morgan fingerprint density at radius 2 is 2.16 bits per heavy atom. The highest BCUT2D eigenvalue weighted by molar-refractivity contribution is 5.92. The molecule has 0 saturated heterocycles. The van der Waals surface area contributed by atoms with Crippen molar-refractivity contribution in [2.45, 2.75) is 19.4 Å². The van der Waals surface area contributed by atoms with Gasteiger partial charge in [-0.15, -0.1) is 5.10 Å². The van der Waals surface area contributed by atoms with E-state index in [0.29, 0.717) is 6.42 Å². The lowest BCUT2D eigenvalue weighted by atomic mass is 10.2. The van der Waals surface area contributed by atoms with Crippen molar-refractivity contribution in [3.8, 4) is 5.69 Å². The predicted octanol–water partition coefficient (Wildman–Crippen LogP) is 0.768. The summed E-state index contributed by atoms with van der Waals surface area (Å²) in [6.07, 6.45) is 2.07. The minimum absolute atomic E-state index is 0.0882. The number of carbonyl (C=O) groups is 1. The molecule has 0 aliphatic heterocycles. The number of aliphatic hydroxyl groups excluding tert-OH is 1. The molecule has 0 spiro atoms. The van der Waals surface area contributed by atoms with Crippen LogP contribution in [0.5, 0.6) is 0 Å². The van der Waals surface area contributed by atoms with Crippen molar-refractivity contribution in [3.05, 3.63) is 42.2 Å². The van der Waals surface area contributed by atoms with Gasteiger partial charge < -0.3 is 10.4 Å². The van der Waals surface area contributed by atoms with E-state index in [2.05, 4.69) is 15.5 Å². The first-order chi connectivity index (χ1) is 9.24. The van der Waals surface area contributed by atoms with Crippen molar-refractivity contribution in [3.63, 3.8) is 0 Å². The van der Waals surface area contributed by atoms with Crippen LogP contribution in [0.3, 0.4) is 0 Å². The molecule has 0 bridgehead atoms. The van der Waals surface area contributed by atoms with E-state index in [1.165, 1.54) is 11.0 Å². The van der Waals surface area contributed by atoms with Gasteiger partial charge in [-0.25, -0.2) is 0 Å². The number of amides is 1. The number of hydrogen-bond acceptors (Lipinski definition) is 4. The fraction of sp³-hybridized carbons (Fsp3) is 0.308. The Hall–Kier alpha value is -2.21. The molecule has 0 saturated carbocycles. The third-order valence-corrected chi connectivity index (χ3v) is 2.76. The molecule has 2 aromatic rings. The molecule has 1 aromatic carbocycles. The molecular formula is C13H16N4O2. The molecule has 0 aliphatic carbocycles. The second kappa shape index (κ2) is 6.10. The molecular weight excluding hydrogens is 244 g/mol. The van der Waals surface area contributed by atoms with Gasteiger partial charge in [-0.3, -0.25) is 4.79 Å².